The van der Waals surface area contributed by atoms with E-state index >= 15 is 0 Å². The minimum atomic E-state index is -0.00145. The Morgan fingerprint density at radius 1 is 1.00 bits per heavy atom. The Balaban J connectivity index is 2.03. The van der Waals surface area contributed by atoms with Crippen LogP contribution in [0.4, 0.5) is 11.4 Å². The summed E-state index contributed by atoms with van der Waals surface area (Å²) in [5.74, 6) is 0.544. The fourth-order valence-electron chi connectivity index (χ4n) is 3.49. The standard InChI is InChI=1S/C26H28BrClN2O/c1-4-26(31)30-25-11-9-18(13-17(2)3)14-21(25)22-15-20(27)10-12-24(22)29-16-19-7-5-6-8-23(19)28/h5-12,14-15,17,29H,4,13,16H2,1-3H3,(H,30,31). The molecule has 0 heterocycles. The molecule has 3 nitrogen and oxygen atoms in total. The number of nitrogens with one attached hydrogen (secondary N) is 2. The van der Waals surface area contributed by atoms with Crippen molar-refractivity contribution >= 4 is 44.8 Å². The number of anilines is 2. The van der Waals surface area contributed by atoms with Gasteiger partial charge in [0.05, 0.1) is 0 Å². The highest BCUT2D eigenvalue weighted by Crippen LogP contribution is 2.37. The highest BCUT2D eigenvalue weighted by Gasteiger charge is 2.14. The van der Waals surface area contributed by atoms with Crippen LogP contribution in [0.2, 0.25) is 5.02 Å². The quantitative estimate of drug-likeness (QED) is 0.330. The van der Waals surface area contributed by atoms with E-state index in [1.54, 1.807) is 0 Å². The van der Waals surface area contributed by atoms with Crippen LogP contribution in [-0.4, -0.2) is 5.91 Å². The van der Waals surface area contributed by atoms with Gasteiger partial charge in [-0.2, -0.15) is 0 Å². The second-order valence-corrected chi connectivity index (χ2v) is 9.34. The molecule has 0 aliphatic heterocycles. The van der Waals surface area contributed by atoms with Gasteiger partial charge in [0.15, 0.2) is 0 Å². The first-order valence-corrected chi connectivity index (χ1v) is 11.7. The van der Waals surface area contributed by atoms with E-state index in [2.05, 4.69) is 64.7 Å². The highest BCUT2D eigenvalue weighted by atomic mass is 79.9. The van der Waals surface area contributed by atoms with E-state index in [1.807, 2.05) is 43.3 Å². The van der Waals surface area contributed by atoms with E-state index < -0.39 is 0 Å². The van der Waals surface area contributed by atoms with Gasteiger partial charge < -0.3 is 10.6 Å². The van der Waals surface area contributed by atoms with Gasteiger partial charge >= 0.3 is 0 Å². The topological polar surface area (TPSA) is 41.1 Å². The third kappa shape index (κ3) is 6.34. The predicted molar refractivity (Wildman–Crippen MR) is 136 cm³/mol. The first-order valence-electron chi connectivity index (χ1n) is 10.6. The molecule has 0 saturated heterocycles. The minimum absolute atomic E-state index is 0.00145. The van der Waals surface area contributed by atoms with Crippen molar-refractivity contribution in [2.45, 2.75) is 40.2 Å². The maximum Gasteiger partial charge on any atom is 0.224 e. The second kappa shape index (κ2) is 10.8. The maximum absolute atomic E-state index is 12.2. The van der Waals surface area contributed by atoms with Crippen LogP contribution in [0.25, 0.3) is 11.1 Å². The van der Waals surface area contributed by atoms with E-state index in [9.17, 15) is 4.79 Å². The van der Waals surface area contributed by atoms with Crippen molar-refractivity contribution in [3.05, 3.63) is 81.3 Å². The fraction of sp³-hybridized carbons (Fsp3) is 0.269. The van der Waals surface area contributed by atoms with E-state index in [0.717, 1.165) is 44.0 Å². The second-order valence-electron chi connectivity index (χ2n) is 8.01. The summed E-state index contributed by atoms with van der Waals surface area (Å²) in [6.45, 7) is 6.89. The SMILES string of the molecule is CCC(=O)Nc1ccc(CC(C)C)cc1-c1cc(Br)ccc1NCc1ccccc1Cl. The molecule has 0 bridgehead atoms. The third-order valence-electron chi connectivity index (χ3n) is 5.02. The molecule has 0 aliphatic carbocycles. The number of amides is 1. The molecule has 0 radical (unpaired) electrons. The van der Waals surface area contributed by atoms with Crippen molar-refractivity contribution in [1.29, 1.82) is 0 Å². The number of benzene rings is 3. The molecule has 0 fully saturated rings. The summed E-state index contributed by atoms with van der Waals surface area (Å²) in [6, 6.07) is 20.3. The summed E-state index contributed by atoms with van der Waals surface area (Å²) in [6.07, 6.45) is 1.41. The molecule has 31 heavy (non-hydrogen) atoms. The summed E-state index contributed by atoms with van der Waals surface area (Å²) in [5.41, 5.74) is 6.11. The molecule has 0 aromatic heterocycles. The van der Waals surface area contributed by atoms with Crippen LogP contribution >= 0.6 is 27.5 Å². The largest absolute Gasteiger partial charge is 0.380 e. The smallest absolute Gasteiger partial charge is 0.224 e. The number of carbonyl (C=O) groups is 1. The molecule has 0 unspecified atom stereocenters. The van der Waals surface area contributed by atoms with Crippen molar-refractivity contribution < 1.29 is 4.79 Å². The lowest BCUT2D eigenvalue weighted by Gasteiger charge is -2.18. The summed E-state index contributed by atoms with van der Waals surface area (Å²) in [7, 11) is 0. The Hall–Kier alpha value is -2.30. The number of hydrogen-bond acceptors (Lipinski definition) is 2. The lowest BCUT2D eigenvalue weighted by atomic mass is 9.95. The summed E-state index contributed by atoms with van der Waals surface area (Å²) in [5, 5.41) is 7.34. The predicted octanol–water partition coefficient (Wildman–Crippen LogP) is 7.93. The zero-order chi connectivity index (χ0) is 22.4. The van der Waals surface area contributed by atoms with Gasteiger partial charge in [-0.3, -0.25) is 4.79 Å². The molecule has 0 spiro atoms. The number of hydrogen-bond donors (Lipinski definition) is 2. The van der Waals surface area contributed by atoms with Crippen LogP contribution in [0.5, 0.6) is 0 Å². The van der Waals surface area contributed by atoms with Crippen molar-refractivity contribution in [2.75, 3.05) is 10.6 Å². The van der Waals surface area contributed by atoms with Crippen molar-refractivity contribution in [3.8, 4) is 11.1 Å². The minimum Gasteiger partial charge on any atom is -0.380 e. The molecule has 5 heteroatoms. The molecule has 2 N–H and O–H groups in total. The zero-order valence-corrected chi connectivity index (χ0v) is 20.5. The van der Waals surface area contributed by atoms with Gasteiger partial charge in [-0.15, -0.1) is 0 Å². The Bertz CT molecular complexity index is 1070. The van der Waals surface area contributed by atoms with Gasteiger partial charge in [-0.1, -0.05) is 72.6 Å². The number of halogens is 2. The first kappa shape index (κ1) is 23.4. The van der Waals surface area contributed by atoms with E-state index in [4.69, 9.17) is 11.6 Å². The van der Waals surface area contributed by atoms with Crippen LogP contribution in [0.15, 0.2) is 65.1 Å². The van der Waals surface area contributed by atoms with Gasteiger partial charge in [-0.05, 0) is 59.9 Å². The molecule has 3 aromatic carbocycles. The summed E-state index contributed by atoms with van der Waals surface area (Å²) in [4.78, 5) is 12.2. The Morgan fingerprint density at radius 2 is 1.71 bits per heavy atom. The molecule has 3 rings (SSSR count). The van der Waals surface area contributed by atoms with Gasteiger partial charge in [0.1, 0.15) is 0 Å². The molecule has 3 aromatic rings. The average Bonchev–Trinajstić information content (AvgIpc) is 2.74. The van der Waals surface area contributed by atoms with Crippen LogP contribution < -0.4 is 10.6 Å². The third-order valence-corrected chi connectivity index (χ3v) is 5.88. The van der Waals surface area contributed by atoms with E-state index in [0.29, 0.717) is 18.9 Å². The van der Waals surface area contributed by atoms with Gasteiger partial charge in [0.25, 0.3) is 0 Å². The van der Waals surface area contributed by atoms with Crippen molar-refractivity contribution in [1.82, 2.24) is 0 Å². The molecule has 0 atom stereocenters. The number of rotatable bonds is 8. The number of carbonyl (C=O) groups excluding carboxylic acids is 1. The monoisotopic (exact) mass is 498 g/mol. The van der Waals surface area contributed by atoms with Crippen LogP contribution in [0.3, 0.4) is 0 Å². The van der Waals surface area contributed by atoms with Crippen LogP contribution in [-0.2, 0) is 17.8 Å². The van der Waals surface area contributed by atoms with E-state index in [1.165, 1.54) is 5.56 Å². The van der Waals surface area contributed by atoms with Crippen LogP contribution in [0, 0.1) is 5.92 Å². The lowest BCUT2D eigenvalue weighted by molar-refractivity contribution is -0.115. The lowest BCUT2D eigenvalue weighted by Crippen LogP contribution is -2.11. The molecule has 162 valence electrons. The highest BCUT2D eigenvalue weighted by molar-refractivity contribution is 9.10. The normalized spacial score (nSPS) is 10.9. The molecular weight excluding hydrogens is 472 g/mol. The maximum atomic E-state index is 12.2. The Morgan fingerprint density at radius 3 is 2.42 bits per heavy atom. The first-order chi connectivity index (χ1) is 14.9. The molecule has 0 aliphatic rings. The Labute approximate surface area is 198 Å². The fourth-order valence-corrected chi connectivity index (χ4v) is 4.05. The van der Waals surface area contributed by atoms with Crippen molar-refractivity contribution in [2.24, 2.45) is 5.92 Å². The summed E-state index contributed by atoms with van der Waals surface area (Å²) < 4.78 is 0.979. The van der Waals surface area contributed by atoms with Gasteiger partial charge in [-0.25, -0.2) is 0 Å². The van der Waals surface area contributed by atoms with Crippen LogP contribution in [0.1, 0.15) is 38.3 Å². The molecule has 0 saturated carbocycles. The summed E-state index contributed by atoms with van der Waals surface area (Å²) >= 11 is 9.96. The van der Waals surface area contributed by atoms with Gasteiger partial charge in [0.2, 0.25) is 5.91 Å². The zero-order valence-electron chi connectivity index (χ0n) is 18.1. The molecule has 1 amide bonds. The van der Waals surface area contributed by atoms with Crippen molar-refractivity contribution in [3.63, 3.8) is 0 Å². The molecular formula is C26H28BrClN2O. The average molecular weight is 500 g/mol. The van der Waals surface area contributed by atoms with E-state index in [-0.39, 0.29) is 5.91 Å². The van der Waals surface area contributed by atoms with Gasteiger partial charge in [0, 0.05) is 45.0 Å². The Kier molecular flexibility index (Phi) is 8.16.